The van der Waals surface area contributed by atoms with Crippen molar-refractivity contribution >= 4 is 5.65 Å². The van der Waals surface area contributed by atoms with E-state index in [-0.39, 0.29) is 24.0 Å². The van der Waals surface area contributed by atoms with E-state index in [0.29, 0.717) is 5.69 Å². The Labute approximate surface area is 87.2 Å². The number of halogens is 1. The molecule has 0 aromatic carbocycles. The van der Waals surface area contributed by atoms with Crippen LogP contribution in [0.15, 0.2) is 18.3 Å². The molecule has 1 N–H and O–H groups in total. The number of aliphatic hydroxyl groups is 1. The van der Waals surface area contributed by atoms with Gasteiger partial charge in [-0.2, -0.15) is 0 Å². The second-order valence-electron chi connectivity index (χ2n) is 3.81. The molecule has 0 aliphatic rings. The topological polar surface area (TPSA) is 37.5 Å². The maximum Gasteiger partial charge on any atom is 0.173 e. The molecule has 2 rings (SSSR count). The van der Waals surface area contributed by atoms with Gasteiger partial charge in [-0.3, -0.25) is 4.40 Å². The number of imidazole rings is 1. The monoisotopic (exact) mass is 208 g/mol. The van der Waals surface area contributed by atoms with Crippen LogP contribution < -0.4 is 0 Å². The number of aliphatic hydroxyl groups excluding tert-OH is 1. The summed E-state index contributed by atoms with van der Waals surface area (Å²) in [6, 6.07) is 2.97. The highest BCUT2D eigenvalue weighted by Gasteiger charge is 2.15. The van der Waals surface area contributed by atoms with E-state index in [2.05, 4.69) is 4.98 Å². The third-order valence-electron chi connectivity index (χ3n) is 2.43. The van der Waals surface area contributed by atoms with E-state index in [1.807, 2.05) is 13.8 Å². The summed E-state index contributed by atoms with van der Waals surface area (Å²) in [7, 11) is 0. The van der Waals surface area contributed by atoms with Gasteiger partial charge in [0, 0.05) is 6.20 Å². The van der Waals surface area contributed by atoms with Crippen molar-refractivity contribution in [3.63, 3.8) is 0 Å². The standard InChI is InChI=1S/C11H13FN2O/c1-7(2)10-9(6-15)14-5-3-4-8(12)11(14)13-10/h3-5,7,15H,6H2,1-2H3. The molecule has 80 valence electrons. The van der Waals surface area contributed by atoms with Crippen molar-refractivity contribution in [1.82, 2.24) is 9.38 Å². The van der Waals surface area contributed by atoms with Crippen molar-refractivity contribution in [3.05, 3.63) is 35.5 Å². The van der Waals surface area contributed by atoms with Gasteiger partial charge in [0.2, 0.25) is 0 Å². The van der Waals surface area contributed by atoms with E-state index < -0.39 is 0 Å². The van der Waals surface area contributed by atoms with E-state index >= 15 is 0 Å². The van der Waals surface area contributed by atoms with Gasteiger partial charge in [0.15, 0.2) is 11.5 Å². The summed E-state index contributed by atoms with van der Waals surface area (Å²) < 4.78 is 15.0. The van der Waals surface area contributed by atoms with Gasteiger partial charge >= 0.3 is 0 Å². The van der Waals surface area contributed by atoms with E-state index in [0.717, 1.165) is 5.69 Å². The van der Waals surface area contributed by atoms with Gasteiger partial charge in [0.05, 0.1) is 18.0 Å². The number of aromatic nitrogens is 2. The fraction of sp³-hybridized carbons (Fsp3) is 0.364. The molecular weight excluding hydrogens is 195 g/mol. The third kappa shape index (κ3) is 1.51. The third-order valence-corrected chi connectivity index (χ3v) is 2.43. The fourth-order valence-corrected chi connectivity index (χ4v) is 1.72. The minimum Gasteiger partial charge on any atom is -0.390 e. The van der Waals surface area contributed by atoms with Gasteiger partial charge in [-0.05, 0) is 18.1 Å². The largest absolute Gasteiger partial charge is 0.390 e. The highest BCUT2D eigenvalue weighted by Crippen LogP contribution is 2.21. The average Bonchev–Trinajstić information content (AvgIpc) is 2.57. The van der Waals surface area contributed by atoms with E-state index in [9.17, 15) is 9.50 Å². The first-order chi connectivity index (χ1) is 7.15. The smallest absolute Gasteiger partial charge is 0.173 e. The van der Waals surface area contributed by atoms with Crippen LogP contribution in [0.1, 0.15) is 31.2 Å². The van der Waals surface area contributed by atoms with Gasteiger partial charge in [-0.25, -0.2) is 9.37 Å². The van der Waals surface area contributed by atoms with Crippen LogP contribution in [0, 0.1) is 5.82 Å². The van der Waals surface area contributed by atoms with E-state index in [4.69, 9.17) is 0 Å². The predicted octanol–water partition coefficient (Wildman–Crippen LogP) is 2.09. The average molecular weight is 208 g/mol. The summed E-state index contributed by atoms with van der Waals surface area (Å²) >= 11 is 0. The maximum absolute atomic E-state index is 13.4. The molecule has 0 amide bonds. The van der Waals surface area contributed by atoms with Crippen molar-refractivity contribution < 1.29 is 9.50 Å². The van der Waals surface area contributed by atoms with Crippen LogP contribution >= 0.6 is 0 Å². The SMILES string of the molecule is CC(C)c1nc2c(F)cccn2c1CO. The fourth-order valence-electron chi connectivity index (χ4n) is 1.72. The Morgan fingerprint density at radius 2 is 2.27 bits per heavy atom. The summed E-state index contributed by atoms with van der Waals surface area (Å²) in [5, 5.41) is 9.26. The van der Waals surface area contributed by atoms with Crippen LogP contribution in [0.2, 0.25) is 0 Å². The number of rotatable bonds is 2. The van der Waals surface area contributed by atoms with Crippen LogP contribution in [0.5, 0.6) is 0 Å². The number of fused-ring (bicyclic) bond motifs is 1. The second-order valence-corrected chi connectivity index (χ2v) is 3.81. The molecule has 0 spiro atoms. The van der Waals surface area contributed by atoms with E-state index in [1.54, 1.807) is 16.7 Å². The van der Waals surface area contributed by atoms with Crippen LogP contribution in [0.25, 0.3) is 5.65 Å². The maximum atomic E-state index is 13.4. The molecule has 2 heterocycles. The van der Waals surface area contributed by atoms with Crippen LogP contribution in [0.4, 0.5) is 4.39 Å². The van der Waals surface area contributed by atoms with Gasteiger partial charge in [-0.1, -0.05) is 13.8 Å². The molecule has 15 heavy (non-hydrogen) atoms. The summed E-state index contributed by atoms with van der Waals surface area (Å²) in [4.78, 5) is 4.21. The summed E-state index contributed by atoms with van der Waals surface area (Å²) in [5.41, 5.74) is 1.70. The zero-order chi connectivity index (χ0) is 11.0. The molecule has 2 aromatic heterocycles. The molecule has 0 atom stereocenters. The molecule has 0 aliphatic carbocycles. The number of hydrogen-bond acceptors (Lipinski definition) is 2. The zero-order valence-electron chi connectivity index (χ0n) is 8.74. The van der Waals surface area contributed by atoms with Crippen LogP contribution in [-0.4, -0.2) is 14.5 Å². The van der Waals surface area contributed by atoms with Gasteiger partial charge in [0.25, 0.3) is 0 Å². The van der Waals surface area contributed by atoms with Crippen LogP contribution in [-0.2, 0) is 6.61 Å². The number of hydrogen-bond donors (Lipinski definition) is 1. The molecule has 3 nitrogen and oxygen atoms in total. The lowest BCUT2D eigenvalue weighted by Gasteiger charge is -2.03. The lowest BCUT2D eigenvalue weighted by molar-refractivity contribution is 0.274. The molecule has 4 heteroatoms. The predicted molar refractivity (Wildman–Crippen MR) is 55.2 cm³/mol. The quantitative estimate of drug-likeness (QED) is 0.820. The lowest BCUT2D eigenvalue weighted by Crippen LogP contribution is -1.98. The first kappa shape index (κ1) is 10.1. The first-order valence-corrected chi connectivity index (χ1v) is 4.91. The molecule has 0 aliphatic heterocycles. The molecule has 0 unspecified atom stereocenters. The van der Waals surface area contributed by atoms with Crippen molar-refractivity contribution in [2.24, 2.45) is 0 Å². The molecule has 0 saturated heterocycles. The van der Waals surface area contributed by atoms with Crippen molar-refractivity contribution in [2.75, 3.05) is 0 Å². The molecular formula is C11H13FN2O. The summed E-state index contributed by atoms with van der Waals surface area (Å²) in [5.74, 6) is -0.189. The van der Waals surface area contributed by atoms with Crippen molar-refractivity contribution in [1.29, 1.82) is 0 Å². The molecule has 0 fully saturated rings. The summed E-state index contributed by atoms with van der Waals surface area (Å²) in [6.07, 6.45) is 1.71. The number of nitrogens with zero attached hydrogens (tertiary/aromatic N) is 2. The Bertz CT molecular complexity index is 491. The molecule has 0 bridgehead atoms. The molecule has 0 radical (unpaired) electrons. The lowest BCUT2D eigenvalue weighted by atomic mass is 10.1. The van der Waals surface area contributed by atoms with Gasteiger partial charge in [-0.15, -0.1) is 0 Å². The van der Waals surface area contributed by atoms with Gasteiger partial charge in [0.1, 0.15) is 0 Å². The highest BCUT2D eigenvalue weighted by atomic mass is 19.1. The van der Waals surface area contributed by atoms with Gasteiger partial charge < -0.3 is 5.11 Å². The molecule has 2 aromatic rings. The van der Waals surface area contributed by atoms with E-state index in [1.165, 1.54) is 6.07 Å². The zero-order valence-corrected chi connectivity index (χ0v) is 8.74. The Morgan fingerprint density at radius 1 is 1.53 bits per heavy atom. The Hall–Kier alpha value is -1.42. The van der Waals surface area contributed by atoms with Crippen molar-refractivity contribution in [3.8, 4) is 0 Å². The number of pyridine rings is 1. The highest BCUT2D eigenvalue weighted by molar-refractivity contribution is 5.45. The van der Waals surface area contributed by atoms with Crippen LogP contribution in [0.3, 0.4) is 0 Å². The minimum absolute atomic E-state index is 0.127. The summed E-state index contributed by atoms with van der Waals surface area (Å²) in [6.45, 7) is 3.82. The first-order valence-electron chi connectivity index (χ1n) is 4.91. The minimum atomic E-state index is -0.362. The molecule has 0 saturated carbocycles. The van der Waals surface area contributed by atoms with Crippen molar-refractivity contribution in [2.45, 2.75) is 26.4 Å². The Morgan fingerprint density at radius 3 is 2.87 bits per heavy atom. The Balaban J connectivity index is 2.78. The normalized spacial score (nSPS) is 11.5. The second kappa shape index (κ2) is 3.62. The Kier molecular flexibility index (Phi) is 2.44.